The Labute approximate surface area is 162 Å². The Morgan fingerprint density at radius 3 is 2.56 bits per heavy atom. The van der Waals surface area contributed by atoms with Crippen LogP contribution in [-0.4, -0.2) is 36.0 Å². The molecule has 1 amide bonds. The fourth-order valence-corrected chi connectivity index (χ4v) is 3.59. The lowest BCUT2D eigenvalue weighted by molar-refractivity contribution is -0.132. The summed E-state index contributed by atoms with van der Waals surface area (Å²) in [6.45, 7) is 7.13. The smallest absolute Gasteiger partial charge is 0.248 e. The molecule has 4 nitrogen and oxygen atoms in total. The van der Waals surface area contributed by atoms with E-state index in [1.165, 1.54) is 11.1 Å². The van der Waals surface area contributed by atoms with Crippen molar-refractivity contribution in [2.75, 3.05) is 13.1 Å². The number of carbonyl (C=O) groups is 1. The number of ether oxygens (including phenoxy) is 1. The Morgan fingerprint density at radius 2 is 1.81 bits per heavy atom. The first kappa shape index (κ1) is 19.6. The number of nitrogens with one attached hydrogen (secondary N) is 1. The van der Waals surface area contributed by atoms with E-state index < -0.39 is 6.10 Å². The van der Waals surface area contributed by atoms with E-state index in [9.17, 15) is 4.79 Å². The number of rotatable bonds is 8. The monoisotopic (exact) mass is 366 g/mol. The number of fused-ring (bicyclic) bond motifs is 1. The van der Waals surface area contributed by atoms with Crippen LogP contribution in [0.2, 0.25) is 0 Å². The van der Waals surface area contributed by atoms with Gasteiger partial charge in [-0.05, 0) is 36.5 Å². The minimum Gasteiger partial charge on any atom is -0.364 e. The Morgan fingerprint density at radius 1 is 1.11 bits per heavy atom. The van der Waals surface area contributed by atoms with E-state index in [2.05, 4.69) is 41.4 Å². The first-order valence-corrected chi connectivity index (χ1v) is 9.91. The Kier molecular flexibility index (Phi) is 7.02. The second-order valence-electron chi connectivity index (χ2n) is 7.24. The van der Waals surface area contributed by atoms with Crippen LogP contribution >= 0.6 is 0 Å². The van der Waals surface area contributed by atoms with E-state index in [-0.39, 0.29) is 5.91 Å². The normalized spacial score (nSPS) is 16.4. The zero-order chi connectivity index (χ0) is 19.1. The molecule has 1 aliphatic heterocycles. The quantitative estimate of drug-likeness (QED) is 0.777. The average molecular weight is 367 g/mol. The maximum atomic E-state index is 12.4. The van der Waals surface area contributed by atoms with Crippen LogP contribution in [-0.2, 0) is 29.1 Å². The maximum absolute atomic E-state index is 12.4. The van der Waals surface area contributed by atoms with Gasteiger partial charge in [0.1, 0.15) is 6.10 Å². The van der Waals surface area contributed by atoms with Crippen LogP contribution in [0.4, 0.5) is 0 Å². The highest BCUT2D eigenvalue weighted by Crippen LogP contribution is 2.21. The van der Waals surface area contributed by atoms with Crippen molar-refractivity contribution in [1.82, 2.24) is 10.2 Å². The van der Waals surface area contributed by atoms with Gasteiger partial charge in [0.05, 0.1) is 6.61 Å². The standard InChI is InChI=1S/C23H30N2O2/c1-3-22(25-14-13-20-11-7-8-12-21(20)16-25)15-24-23(26)18(2)27-17-19-9-5-4-6-10-19/h4-12,18,22H,3,13-17H2,1-2H3,(H,24,26)/t18-,22-/m0/s1. The van der Waals surface area contributed by atoms with Gasteiger partial charge in [0.15, 0.2) is 0 Å². The number of hydrogen-bond acceptors (Lipinski definition) is 3. The largest absolute Gasteiger partial charge is 0.364 e. The number of nitrogens with zero attached hydrogens (tertiary/aromatic N) is 1. The van der Waals surface area contributed by atoms with E-state index in [1.807, 2.05) is 37.3 Å². The van der Waals surface area contributed by atoms with E-state index in [0.29, 0.717) is 19.2 Å². The number of hydrogen-bond donors (Lipinski definition) is 1. The molecule has 1 heterocycles. The van der Waals surface area contributed by atoms with Gasteiger partial charge in [0.2, 0.25) is 5.91 Å². The van der Waals surface area contributed by atoms with E-state index in [4.69, 9.17) is 4.74 Å². The second kappa shape index (κ2) is 9.67. The Bertz CT molecular complexity index is 732. The van der Waals surface area contributed by atoms with Crippen LogP contribution < -0.4 is 5.32 Å². The molecule has 27 heavy (non-hydrogen) atoms. The lowest BCUT2D eigenvalue weighted by Crippen LogP contribution is -2.47. The third kappa shape index (κ3) is 5.41. The molecule has 0 aromatic heterocycles. The molecule has 0 radical (unpaired) electrons. The van der Waals surface area contributed by atoms with Gasteiger partial charge in [-0.1, -0.05) is 61.5 Å². The lowest BCUT2D eigenvalue weighted by Gasteiger charge is -2.35. The van der Waals surface area contributed by atoms with Crippen LogP contribution in [0.25, 0.3) is 0 Å². The number of benzene rings is 2. The van der Waals surface area contributed by atoms with Crippen LogP contribution in [0.15, 0.2) is 54.6 Å². The van der Waals surface area contributed by atoms with Gasteiger partial charge in [-0.15, -0.1) is 0 Å². The van der Waals surface area contributed by atoms with E-state index in [0.717, 1.165) is 31.5 Å². The third-order valence-electron chi connectivity index (χ3n) is 5.37. The molecular formula is C23H30N2O2. The molecule has 0 spiro atoms. The predicted molar refractivity (Wildman–Crippen MR) is 108 cm³/mol. The molecule has 0 saturated heterocycles. The zero-order valence-electron chi connectivity index (χ0n) is 16.4. The summed E-state index contributed by atoms with van der Waals surface area (Å²) in [5.41, 5.74) is 3.94. The van der Waals surface area contributed by atoms with E-state index >= 15 is 0 Å². The Balaban J connectivity index is 1.46. The van der Waals surface area contributed by atoms with Gasteiger partial charge in [-0.3, -0.25) is 9.69 Å². The first-order chi connectivity index (χ1) is 13.2. The first-order valence-electron chi connectivity index (χ1n) is 9.91. The molecule has 144 valence electrons. The molecule has 0 saturated carbocycles. The number of amides is 1. The molecule has 3 rings (SSSR count). The SMILES string of the molecule is CC[C@@H](CNC(=O)[C@H](C)OCc1ccccc1)N1CCc2ccccc2C1. The zero-order valence-corrected chi connectivity index (χ0v) is 16.4. The summed E-state index contributed by atoms with van der Waals surface area (Å²) in [4.78, 5) is 14.9. The third-order valence-corrected chi connectivity index (χ3v) is 5.37. The van der Waals surface area contributed by atoms with Gasteiger partial charge in [-0.2, -0.15) is 0 Å². The summed E-state index contributed by atoms with van der Waals surface area (Å²) in [6, 6.07) is 19.0. The van der Waals surface area contributed by atoms with Gasteiger partial charge >= 0.3 is 0 Å². The van der Waals surface area contributed by atoms with Crippen LogP contribution in [0.3, 0.4) is 0 Å². The predicted octanol–water partition coefficient (Wildman–Crippen LogP) is 3.54. The molecule has 0 fully saturated rings. The lowest BCUT2D eigenvalue weighted by atomic mass is 9.98. The Hall–Kier alpha value is -2.17. The molecule has 0 bridgehead atoms. The van der Waals surface area contributed by atoms with Crippen molar-refractivity contribution in [3.05, 3.63) is 71.3 Å². The minimum atomic E-state index is -0.454. The maximum Gasteiger partial charge on any atom is 0.248 e. The fourth-order valence-electron chi connectivity index (χ4n) is 3.59. The van der Waals surface area contributed by atoms with Crippen LogP contribution in [0, 0.1) is 0 Å². The van der Waals surface area contributed by atoms with Gasteiger partial charge in [-0.25, -0.2) is 0 Å². The van der Waals surface area contributed by atoms with Crippen molar-refractivity contribution in [2.45, 2.75) is 52.0 Å². The molecule has 4 heteroatoms. The molecule has 1 N–H and O–H groups in total. The van der Waals surface area contributed by atoms with Crippen molar-refractivity contribution < 1.29 is 9.53 Å². The molecule has 0 unspecified atom stereocenters. The highest BCUT2D eigenvalue weighted by Gasteiger charge is 2.23. The molecular weight excluding hydrogens is 336 g/mol. The van der Waals surface area contributed by atoms with Crippen LogP contribution in [0.1, 0.15) is 37.0 Å². The molecule has 2 aromatic rings. The summed E-state index contributed by atoms with van der Waals surface area (Å²) in [6.07, 6.45) is 1.64. The van der Waals surface area contributed by atoms with Crippen molar-refractivity contribution in [3.63, 3.8) is 0 Å². The second-order valence-corrected chi connectivity index (χ2v) is 7.24. The summed E-state index contributed by atoms with van der Waals surface area (Å²) in [5.74, 6) is -0.0400. The average Bonchev–Trinajstić information content (AvgIpc) is 2.73. The summed E-state index contributed by atoms with van der Waals surface area (Å²) >= 11 is 0. The van der Waals surface area contributed by atoms with Gasteiger partial charge < -0.3 is 10.1 Å². The van der Waals surface area contributed by atoms with Gasteiger partial charge in [0, 0.05) is 25.7 Å². The van der Waals surface area contributed by atoms with Crippen molar-refractivity contribution in [3.8, 4) is 0 Å². The minimum absolute atomic E-state index is 0.0400. The van der Waals surface area contributed by atoms with Crippen molar-refractivity contribution in [1.29, 1.82) is 0 Å². The van der Waals surface area contributed by atoms with Crippen molar-refractivity contribution in [2.24, 2.45) is 0 Å². The summed E-state index contributed by atoms with van der Waals surface area (Å²) in [5, 5.41) is 3.09. The highest BCUT2D eigenvalue weighted by atomic mass is 16.5. The molecule has 2 atom stereocenters. The highest BCUT2D eigenvalue weighted by molar-refractivity contribution is 5.80. The summed E-state index contributed by atoms with van der Waals surface area (Å²) < 4.78 is 5.72. The topological polar surface area (TPSA) is 41.6 Å². The molecule has 1 aliphatic rings. The van der Waals surface area contributed by atoms with Gasteiger partial charge in [0.25, 0.3) is 0 Å². The van der Waals surface area contributed by atoms with E-state index in [1.54, 1.807) is 0 Å². The molecule has 0 aliphatic carbocycles. The molecule has 2 aromatic carbocycles. The fraction of sp³-hybridized carbons (Fsp3) is 0.435. The van der Waals surface area contributed by atoms with Crippen molar-refractivity contribution >= 4 is 5.91 Å². The summed E-state index contributed by atoms with van der Waals surface area (Å²) in [7, 11) is 0. The number of carbonyl (C=O) groups excluding carboxylic acids is 1. The van der Waals surface area contributed by atoms with Crippen LogP contribution in [0.5, 0.6) is 0 Å².